The predicted octanol–water partition coefficient (Wildman–Crippen LogP) is 7.23. The third-order valence-electron chi connectivity index (χ3n) is 10.5. The Labute approximate surface area is 373 Å². The first-order valence-electron chi connectivity index (χ1n) is 18.9. The first kappa shape index (κ1) is 63.4. The average Bonchev–Trinajstić information content (AvgIpc) is 3.10. The van der Waals surface area contributed by atoms with Crippen LogP contribution >= 0.6 is 0 Å². The Morgan fingerprint density at radius 2 is 0.982 bits per heavy atom. The van der Waals surface area contributed by atoms with Crippen molar-refractivity contribution in [2.24, 2.45) is 23.7 Å². The van der Waals surface area contributed by atoms with E-state index in [2.05, 4.69) is 109 Å². The molecule has 2 aliphatic heterocycles. The number of aliphatic carboxylic acids is 1. The highest BCUT2D eigenvalue weighted by Gasteiger charge is 2.41. The molecule has 2 heterocycles. The summed E-state index contributed by atoms with van der Waals surface area (Å²) in [5.74, 6) is 0.180. The van der Waals surface area contributed by atoms with E-state index in [-0.39, 0.29) is 35.1 Å². The lowest BCUT2D eigenvalue weighted by molar-refractivity contribution is -0.193. The van der Waals surface area contributed by atoms with Crippen LogP contribution in [-0.4, -0.2) is 89.2 Å². The lowest BCUT2D eigenvalue weighted by atomic mass is 9.95. The fourth-order valence-electron chi connectivity index (χ4n) is 4.20. The number of carboxylic acid groups (broad SMARTS) is 1. The molecule has 1 amide bonds. The van der Waals surface area contributed by atoms with Crippen molar-refractivity contribution in [1.82, 2.24) is 10.2 Å². The van der Waals surface area contributed by atoms with E-state index in [1.54, 1.807) is 42.4 Å². The zero-order valence-electron chi connectivity index (χ0n) is 37.0. The highest BCUT2D eigenvalue weighted by atomic mass is 33.4. The molecule has 336 valence electrons. The second-order valence-electron chi connectivity index (χ2n) is 17.2. The molecule has 0 bridgehead atoms. The summed E-state index contributed by atoms with van der Waals surface area (Å²) in [5, 5.41) is 12.3. The monoisotopic (exact) mass is 988 g/mol. The number of carbonyl (C=O) groups excluding carboxylic acids is 5. The van der Waals surface area contributed by atoms with Crippen LogP contribution in [0.15, 0.2) is 0 Å². The van der Waals surface area contributed by atoms with Crippen LogP contribution in [0.4, 0.5) is 0 Å². The molecule has 0 saturated carbocycles. The second kappa shape index (κ2) is 34.4. The highest BCUT2D eigenvalue weighted by Crippen LogP contribution is 2.39. The second-order valence-corrected chi connectivity index (χ2v) is 37.3. The van der Waals surface area contributed by atoms with Crippen molar-refractivity contribution >= 4 is 116 Å². The van der Waals surface area contributed by atoms with E-state index >= 15 is 0 Å². The molecule has 0 aromatic carbocycles. The van der Waals surface area contributed by atoms with Gasteiger partial charge in [0.15, 0.2) is 16.6 Å². The number of nitrogens with zero attached hydrogens (tertiary/aromatic N) is 1. The van der Waals surface area contributed by atoms with Gasteiger partial charge in [0, 0.05) is 107 Å². The van der Waals surface area contributed by atoms with Crippen molar-refractivity contribution in [1.29, 1.82) is 0 Å². The average molecular weight is 990 g/mol. The molecule has 2 rings (SSSR count). The highest BCUT2D eigenvalue weighted by molar-refractivity contribution is 8.70. The van der Waals surface area contributed by atoms with E-state index in [0.717, 1.165) is 39.0 Å². The third-order valence-corrected chi connectivity index (χ3v) is 30.7. The SMILES string of the molecule is CC(C)(C)[Si](C)(C)OC1CCNCC1.CC(C)[C@H](C)C(=O)N1CCC(O[Si](C)(C)C(C)(C)C)CC1.CC(C)[C@H](C)C(=O)O.O=C=O.O=C=O.S=S=S=S=S=S=S=S. The number of likely N-dealkylation sites (tertiary alicyclic amines) is 1. The molecular formula is C36H72N2O9S8Si2. The molecule has 2 fully saturated rings. The first-order valence-corrected chi connectivity index (χ1v) is 34.0. The van der Waals surface area contributed by atoms with Crippen molar-refractivity contribution in [2.45, 2.75) is 157 Å². The lowest BCUT2D eigenvalue weighted by Gasteiger charge is -2.42. The molecule has 0 radical (unpaired) electrons. The van der Waals surface area contributed by atoms with Gasteiger partial charge in [-0.15, -0.1) is 0 Å². The van der Waals surface area contributed by atoms with Crippen molar-refractivity contribution in [3.05, 3.63) is 0 Å². The van der Waals surface area contributed by atoms with Crippen molar-refractivity contribution in [3.63, 3.8) is 0 Å². The number of piperidine rings is 2. The Hall–Kier alpha value is -0.226. The molecule has 2 N–H and O–H groups in total. The zero-order valence-corrected chi connectivity index (χ0v) is 45.6. The smallest absolute Gasteiger partial charge is 0.373 e. The van der Waals surface area contributed by atoms with Crippen LogP contribution in [0.5, 0.6) is 0 Å². The van der Waals surface area contributed by atoms with Gasteiger partial charge in [-0.1, -0.05) is 83.1 Å². The molecule has 11 nitrogen and oxygen atoms in total. The molecule has 21 heteroatoms. The largest absolute Gasteiger partial charge is 0.481 e. The van der Waals surface area contributed by atoms with E-state index in [0.29, 0.717) is 29.1 Å². The van der Waals surface area contributed by atoms with Crippen LogP contribution in [0.1, 0.15) is 109 Å². The van der Waals surface area contributed by atoms with E-state index in [1.165, 1.54) is 30.6 Å². The number of rotatable bonds is 8. The van der Waals surface area contributed by atoms with Gasteiger partial charge < -0.3 is 24.2 Å². The maximum atomic E-state index is 12.4. The van der Waals surface area contributed by atoms with Crippen LogP contribution in [0.2, 0.25) is 36.3 Å². The van der Waals surface area contributed by atoms with Gasteiger partial charge >= 0.3 is 18.3 Å². The number of hydrogen-bond acceptors (Lipinski definition) is 11. The summed E-state index contributed by atoms with van der Waals surface area (Å²) >= 11 is 9.21. The minimum atomic E-state index is -1.68. The van der Waals surface area contributed by atoms with Crippen LogP contribution in [0.3, 0.4) is 0 Å². The summed E-state index contributed by atoms with van der Waals surface area (Å²) in [5.41, 5.74) is 0. The fraction of sp³-hybridized carbons (Fsp3) is 0.889. The predicted molar refractivity (Wildman–Crippen MR) is 257 cm³/mol. The molecule has 0 aromatic heterocycles. The van der Waals surface area contributed by atoms with Gasteiger partial charge in [0.2, 0.25) is 5.91 Å². The third kappa shape index (κ3) is 32.2. The normalized spacial score (nSPS) is 15.7. The maximum Gasteiger partial charge on any atom is 0.373 e. The van der Waals surface area contributed by atoms with Gasteiger partial charge in [-0.3, -0.25) is 9.59 Å². The minimum Gasteiger partial charge on any atom is -0.481 e. The zero-order chi connectivity index (χ0) is 45.6. The molecule has 0 unspecified atom stereocenters. The van der Waals surface area contributed by atoms with Gasteiger partial charge in [-0.05, 0) is 86.9 Å². The van der Waals surface area contributed by atoms with Crippen LogP contribution < -0.4 is 5.32 Å². The number of nitrogens with one attached hydrogen (secondary N) is 1. The Balaban J connectivity index is -0.000000336. The minimum absolute atomic E-state index is 0.128. The lowest BCUT2D eigenvalue weighted by Crippen LogP contribution is -2.49. The summed E-state index contributed by atoms with van der Waals surface area (Å²) in [6, 6.07) is 0. The Kier molecular flexibility index (Phi) is 38.2. The van der Waals surface area contributed by atoms with Gasteiger partial charge in [0.1, 0.15) is 0 Å². The van der Waals surface area contributed by atoms with Gasteiger partial charge in [0.05, 0.1) is 5.92 Å². The summed E-state index contributed by atoms with van der Waals surface area (Å²) in [6.45, 7) is 38.8. The number of hydrogen-bond donors (Lipinski definition) is 2. The van der Waals surface area contributed by atoms with Crippen molar-refractivity contribution in [3.8, 4) is 0 Å². The van der Waals surface area contributed by atoms with Crippen LogP contribution in [-0.2, 0) is 113 Å². The topological polar surface area (TPSA) is 156 Å². The van der Waals surface area contributed by atoms with Gasteiger partial charge in [0.25, 0.3) is 0 Å². The first-order chi connectivity index (χ1) is 26.1. The van der Waals surface area contributed by atoms with E-state index in [9.17, 15) is 9.59 Å². The molecule has 2 atom stereocenters. The maximum absolute atomic E-state index is 12.4. The van der Waals surface area contributed by atoms with E-state index in [4.69, 9.17) is 33.1 Å². The summed E-state index contributed by atoms with van der Waals surface area (Å²) in [4.78, 5) is 57.1. The molecule has 57 heavy (non-hydrogen) atoms. The Morgan fingerprint density at radius 3 is 1.23 bits per heavy atom. The van der Waals surface area contributed by atoms with Crippen molar-refractivity contribution < 1.29 is 42.7 Å². The Morgan fingerprint density at radius 1 is 0.667 bits per heavy atom. The molecule has 0 aromatic rings. The quantitative estimate of drug-likeness (QED) is 0.236. The standard InChI is InChI=1S/C17H35NO2Si.C11H25NOSi.C6H12O2.2CO2.S8/c1-13(2)14(3)16(19)18-11-9-15(10-12-18)20-21(7,8)17(4,5)6;1-11(2,3)14(4,5)13-10-6-8-12-9-7-10;1-4(2)5(3)6(7)8;2*2-1-3;1-3-5-7-8-6-4-2/h13-15H,9-12H2,1-8H3;10,12H,6-9H2,1-5H3;4-5H,1-3H3,(H,7,8);;;/t14-;;5-;;;/m0.0.../s1. The molecule has 2 saturated heterocycles. The summed E-state index contributed by atoms with van der Waals surface area (Å²) < 4.78 is 12.8. The van der Waals surface area contributed by atoms with Crippen LogP contribution in [0, 0.1) is 23.7 Å². The number of amides is 1. The molecular weight excluding hydrogens is 917 g/mol. The van der Waals surface area contributed by atoms with Crippen molar-refractivity contribution in [2.75, 3.05) is 26.2 Å². The summed E-state index contributed by atoms with van der Waals surface area (Å²) in [6.07, 6.45) is 5.70. The fourth-order valence-corrected chi connectivity index (χ4v) is 18.0. The van der Waals surface area contributed by atoms with Gasteiger partial charge in [-0.2, -0.15) is 19.2 Å². The Bertz CT molecular complexity index is 1440. The summed E-state index contributed by atoms with van der Waals surface area (Å²) in [7, 11) is 5.92. The molecule has 0 aliphatic carbocycles. The van der Waals surface area contributed by atoms with E-state index < -0.39 is 22.6 Å². The number of carboxylic acids is 1. The van der Waals surface area contributed by atoms with Gasteiger partial charge in [-0.25, -0.2) is 0 Å². The van der Waals surface area contributed by atoms with Crippen LogP contribution in [0.25, 0.3) is 0 Å². The molecule has 0 spiro atoms. The number of carbonyl (C=O) groups is 2. The molecule has 2 aliphatic rings. The van der Waals surface area contributed by atoms with E-state index in [1.807, 2.05) is 25.7 Å².